The van der Waals surface area contributed by atoms with Gasteiger partial charge in [0, 0.05) is 0 Å². The summed E-state index contributed by atoms with van der Waals surface area (Å²) in [6.45, 7) is 0. The van der Waals surface area contributed by atoms with Crippen LogP contribution in [0.3, 0.4) is 0 Å². The number of rotatable bonds is 3. The molecule has 0 aromatic heterocycles. The van der Waals surface area contributed by atoms with Crippen molar-refractivity contribution in [2.45, 2.75) is 42.6 Å². The highest BCUT2D eigenvalue weighted by Gasteiger charge is 2.34. The van der Waals surface area contributed by atoms with Gasteiger partial charge in [-0.2, -0.15) is 0 Å². The van der Waals surface area contributed by atoms with Crippen LogP contribution >= 0.6 is 0 Å². The summed E-state index contributed by atoms with van der Waals surface area (Å²) in [7, 11) is -3.37. The largest absolute Gasteiger partial charge is 0.389 e. The van der Waals surface area contributed by atoms with Gasteiger partial charge in [-0.1, -0.05) is 37.5 Å². The van der Waals surface area contributed by atoms with Gasteiger partial charge in [0.05, 0.1) is 16.2 Å². The van der Waals surface area contributed by atoms with Crippen molar-refractivity contribution in [3.63, 3.8) is 0 Å². The zero-order valence-corrected chi connectivity index (χ0v) is 10.6. The molecule has 1 N–H and O–H groups in total. The first kappa shape index (κ1) is 12.6. The van der Waals surface area contributed by atoms with E-state index in [1.165, 1.54) is 0 Å². The number of hydrogen-bond donors (Lipinski definition) is 1. The molecule has 0 radical (unpaired) electrons. The summed E-state index contributed by atoms with van der Waals surface area (Å²) in [6, 6.07) is 8.37. The summed E-state index contributed by atoms with van der Waals surface area (Å²) in [5, 5.41) is 10.3. The maximum Gasteiger partial charge on any atom is 0.181 e. The Morgan fingerprint density at radius 3 is 2.24 bits per heavy atom. The Labute approximate surface area is 102 Å². The topological polar surface area (TPSA) is 54.4 Å². The van der Waals surface area contributed by atoms with E-state index in [9.17, 15) is 13.5 Å². The van der Waals surface area contributed by atoms with Gasteiger partial charge >= 0.3 is 0 Å². The van der Waals surface area contributed by atoms with E-state index in [0.717, 1.165) is 19.3 Å². The molecule has 0 heterocycles. The third-order valence-electron chi connectivity index (χ3n) is 3.35. The van der Waals surface area contributed by atoms with Gasteiger partial charge in [0.2, 0.25) is 0 Å². The van der Waals surface area contributed by atoms with Crippen LogP contribution in [0.4, 0.5) is 0 Å². The van der Waals surface area contributed by atoms with Gasteiger partial charge in [0.15, 0.2) is 9.84 Å². The maximum atomic E-state index is 12.1. The lowest BCUT2D eigenvalue weighted by Crippen LogP contribution is -2.39. The molecule has 1 aromatic carbocycles. The molecular formula is C13H18O3S. The van der Waals surface area contributed by atoms with Crippen molar-refractivity contribution < 1.29 is 13.5 Å². The van der Waals surface area contributed by atoms with Crippen molar-refractivity contribution in [3.05, 3.63) is 30.3 Å². The van der Waals surface area contributed by atoms with Crippen LogP contribution in [0.1, 0.15) is 32.1 Å². The monoisotopic (exact) mass is 254 g/mol. The molecule has 1 fully saturated rings. The van der Waals surface area contributed by atoms with Crippen LogP contribution in [-0.2, 0) is 9.84 Å². The molecule has 1 aliphatic rings. The molecule has 1 aromatic rings. The second-order valence-electron chi connectivity index (χ2n) is 4.86. The Morgan fingerprint density at radius 1 is 1.06 bits per heavy atom. The van der Waals surface area contributed by atoms with Crippen LogP contribution < -0.4 is 0 Å². The molecule has 1 aliphatic carbocycles. The van der Waals surface area contributed by atoms with E-state index in [0.29, 0.717) is 17.7 Å². The molecule has 0 unspecified atom stereocenters. The Bertz CT molecular complexity index is 459. The maximum absolute atomic E-state index is 12.1. The lowest BCUT2D eigenvalue weighted by molar-refractivity contribution is 0.0257. The van der Waals surface area contributed by atoms with Gasteiger partial charge in [-0.15, -0.1) is 0 Å². The highest BCUT2D eigenvalue weighted by atomic mass is 32.2. The predicted molar refractivity (Wildman–Crippen MR) is 66.5 cm³/mol. The van der Waals surface area contributed by atoms with Crippen molar-refractivity contribution in [3.8, 4) is 0 Å². The van der Waals surface area contributed by atoms with Crippen LogP contribution in [0.25, 0.3) is 0 Å². The fourth-order valence-corrected chi connectivity index (χ4v) is 4.15. The lowest BCUT2D eigenvalue weighted by Gasteiger charge is -2.31. The quantitative estimate of drug-likeness (QED) is 0.899. The molecule has 0 atom stereocenters. The summed E-state index contributed by atoms with van der Waals surface area (Å²) in [4.78, 5) is 0.305. The van der Waals surface area contributed by atoms with E-state index in [4.69, 9.17) is 0 Å². The molecule has 17 heavy (non-hydrogen) atoms. The molecule has 2 rings (SSSR count). The van der Waals surface area contributed by atoms with Crippen molar-refractivity contribution in [2.24, 2.45) is 0 Å². The van der Waals surface area contributed by atoms with Crippen molar-refractivity contribution in [1.82, 2.24) is 0 Å². The Kier molecular flexibility index (Phi) is 3.54. The van der Waals surface area contributed by atoms with Gasteiger partial charge in [-0.3, -0.25) is 0 Å². The molecule has 4 heteroatoms. The van der Waals surface area contributed by atoms with E-state index < -0.39 is 15.4 Å². The molecule has 0 amide bonds. The van der Waals surface area contributed by atoms with Gasteiger partial charge in [-0.05, 0) is 25.0 Å². The van der Waals surface area contributed by atoms with Gasteiger partial charge in [0.25, 0.3) is 0 Å². The SMILES string of the molecule is O=S(=O)(CC1(O)CCCCC1)c1ccccc1. The Morgan fingerprint density at radius 2 is 1.65 bits per heavy atom. The zero-order valence-electron chi connectivity index (χ0n) is 9.80. The van der Waals surface area contributed by atoms with Crippen molar-refractivity contribution >= 4 is 9.84 Å². The first-order chi connectivity index (χ1) is 8.02. The van der Waals surface area contributed by atoms with E-state index in [2.05, 4.69) is 0 Å². The van der Waals surface area contributed by atoms with Gasteiger partial charge < -0.3 is 5.11 Å². The van der Waals surface area contributed by atoms with Crippen LogP contribution in [0.15, 0.2) is 35.2 Å². The molecule has 0 aliphatic heterocycles. The lowest BCUT2D eigenvalue weighted by atomic mass is 9.86. The number of benzene rings is 1. The number of hydrogen-bond acceptors (Lipinski definition) is 3. The van der Waals surface area contributed by atoms with Crippen LogP contribution in [0, 0.1) is 0 Å². The fraction of sp³-hybridized carbons (Fsp3) is 0.538. The predicted octanol–water partition coefficient (Wildman–Crippen LogP) is 2.16. The first-order valence-corrected chi connectivity index (χ1v) is 7.67. The third-order valence-corrected chi connectivity index (χ3v) is 5.25. The van der Waals surface area contributed by atoms with E-state index in [1.54, 1.807) is 30.3 Å². The summed E-state index contributed by atoms with van der Waals surface area (Å²) in [6.07, 6.45) is 4.12. The molecule has 0 bridgehead atoms. The minimum Gasteiger partial charge on any atom is -0.389 e. The van der Waals surface area contributed by atoms with E-state index in [-0.39, 0.29) is 5.75 Å². The molecule has 0 spiro atoms. The highest BCUT2D eigenvalue weighted by Crippen LogP contribution is 2.30. The first-order valence-electron chi connectivity index (χ1n) is 6.02. The molecular weight excluding hydrogens is 236 g/mol. The molecule has 1 saturated carbocycles. The fourth-order valence-electron chi connectivity index (χ4n) is 2.42. The van der Waals surface area contributed by atoms with E-state index in [1.807, 2.05) is 0 Å². The van der Waals surface area contributed by atoms with Crippen LogP contribution in [-0.4, -0.2) is 24.9 Å². The Balaban J connectivity index is 2.17. The minimum absolute atomic E-state index is 0.149. The second-order valence-corrected chi connectivity index (χ2v) is 6.85. The standard InChI is InChI=1S/C13H18O3S/c14-13(9-5-2-6-10-13)11-17(15,16)12-7-3-1-4-8-12/h1,3-4,7-8,14H,2,5-6,9-11H2. The number of sulfone groups is 1. The average Bonchev–Trinajstić information content (AvgIpc) is 2.30. The molecule has 94 valence electrons. The van der Waals surface area contributed by atoms with Gasteiger partial charge in [-0.25, -0.2) is 8.42 Å². The van der Waals surface area contributed by atoms with E-state index >= 15 is 0 Å². The zero-order chi connectivity index (χ0) is 12.4. The van der Waals surface area contributed by atoms with Crippen molar-refractivity contribution in [2.75, 3.05) is 5.75 Å². The minimum atomic E-state index is -3.37. The smallest absolute Gasteiger partial charge is 0.181 e. The average molecular weight is 254 g/mol. The molecule has 3 nitrogen and oxygen atoms in total. The second kappa shape index (κ2) is 4.78. The summed E-state index contributed by atoms with van der Waals surface area (Å²) >= 11 is 0. The summed E-state index contributed by atoms with van der Waals surface area (Å²) in [5.74, 6) is -0.149. The summed E-state index contributed by atoms with van der Waals surface area (Å²) in [5.41, 5.74) is -1.02. The highest BCUT2D eigenvalue weighted by molar-refractivity contribution is 7.91. The van der Waals surface area contributed by atoms with Gasteiger partial charge in [0.1, 0.15) is 0 Å². The van der Waals surface area contributed by atoms with Crippen molar-refractivity contribution in [1.29, 1.82) is 0 Å². The van der Waals surface area contributed by atoms with Crippen LogP contribution in [0.2, 0.25) is 0 Å². The molecule has 0 saturated heterocycles. The number of aliphatic hydroxyl groups is 1. The normalized spacial score (nSPS) is 20.1. The van der Waals surface area contributed by atoms with Crippen LogP contribution in [0.5, 0.6) is 0 Å². The summed E-state index contributed by atoms with van der Waals surface area (Å²) < 4.78 is 24.3. The Hall–Kier alpha value is -0.870. The third kappa shape index (κ3) is 3.07.